The molecule has 4 nitrogen and oxygen atoms in total. The van der Waals surface area contributed by atoms with Crippen molar-refractivity contribution in [2.45, 2.75) is 0 Å². The first-order valence-electron chi connectivity index (χ1n) is 4.43. The summed E-state index contributed by atoms with van der Waals surface area (Å²) in [5.74, 6) is -1.10. The van der Waals surface area contributed by atoms with E-state index < -0.39 is 5.97 Å². The van der Waals surface area contributed by atoms with Gasteiger partial charge in [0.2, 0.25) is 0 Å². The Morgan fingerprint density at radius 1 is 1.33 bits per heavy atom. The number of rotatable bonds is 1. The van der Waals surface area contributed by atoms with E-state index >= 15 is 0 Å². The van der Waals surface area contributed by atoms with Crippen molar-refractivity contribution in [3.05, 3.63) is 46.2 Å². The summed E-state index contributed by atoms with van der Waals surface area (Å²) in [5.41, 5.74) is 0.363. The molecule has 0 amide bonds. The van der Waals surface area contributed by atoms with Gasteiger partial charge in [-0.2, -0.15) is 0 Å². The molecule has 2 aromatic rings. The third-order valence-electron chi connectivity index (χ3n) is 2.38. The third kappa shape index (κ3) is 1.40. The lowest BCUT2D eigenvalue weighted by Gasteiger charge is -2.08. The lowest BCUT2D eigenvalue weighted by Crippen LogP contribution is -2.15. The lowest BCUT2D eigenvalue weighted by molar-refractivity contribution is 0.0686. The molecule has 0 saturated carbocycles. The maximum Gasteiger partial charge on any atom is 0.352 e. The first kappa shape index (κ1) is 9.45. The predicted molar refractivity (Wildman–Crippen MR) is 56.1 cm³/mol. The lowest BCUT2D eigenvalue weighted by atomic mass is 10.2. The van der Waals surface area contributed by atoms with Crippen LogP contribution in [0.4, 0.5) is 0 Å². The highest BCUT2D eigenvalue weighted by molar-refractivity contribution is 5.90. The van der Waals surface area contributed by atoms with Crippen LogP contribution in [0.15, 0.2) is 35.1 Å². The van der Waals surface area contributed by atoms with Crippen molar-refractivity contribution in [2.75, 3.05) is 0 Å². The Morgan fingerprint density at radius 2 is 2.00 bits per heavy atom. The van der Waals surface area contributed by atoms with E-state index in [4.69, 9.17) is 5.11 Å². The van der Waals surface area contributed by atoms with Crippen LogP contribution >= 0.6 is 0 Å². The zero-order valence-corrected chi connectivity index (χ0v) is 8.10. The van der Waals surface area contributed by atoms with Gasteiger partial charge < -0.3 is 9.67 Å². The number of aromatic nitrogens is 1. The summed E-state index contributed by atoms with van der Waals surface area (Å²) in [6.45, 7) is 0. The summed E-state index contributed by atoms with van der Waals surface area (Å²) in [5, 5.41) is 9.42. The Hall–Kier alpha value is -2.10. The molecule has 1 aromatic carbocycles. The molecule has 0 saturated heterocycles. The topological polar surface area (TPSA) is 59.3 Å². The van der Waals surface area contributed by atoms with Crippen molar-refractivity contribution in [1.82, 2.24) is 4.57 Å². The summed E-state index contributed by atoms with van der Waals surface area (Å²) >= 11 is 0. The van der Waals surface area contributed by atoms with Gasteiger partial charge in [0.25, 0.3) is 0 Å². The van der Waals surface area contributed by atoms with Gasteiger partial charge in [-0.1, -0.05) is 12.1 Å². The third-order valence-corrected chi connectivity index (χ3v) is 2.38. The minimum atomic E-state index is -1.10. The molecular formula is C11H9NO3. The molecule has 0 aliphatic heterocycles. The zero-order chi connectivity index (χ0) is 11.0. The number of aromatic carboxylic acids is 1. The van der Waals surface area contributed by atoms with E-state index in [1.807, 2.05) is 0 Å². The fourth-order valence-corrected chi connectivity index (χ4v) is 1.61. The molecule has 0 bridgehead atoms. The van der Waals surface area contributed by atoms with Crippen molar-refractivity contribution < 1.29 is 9.90 Å². The van der Waals surface area contributed by atoms with E-state index in [0.29, 0.717) is 10.9 Å². The van der Waals surface area contributed by atoms with Crippen molar-refractivity contribution in [2.24, 2.45) is 7.05 Å². The molecule has 76 valence electrons. The average molecular weight is 203 g/mol. The zero-order valence-electron chi connectivity index (χ0n) is 8.10. The number of carboxylic acid groups (broad SMARTS) is 1. The van der Waals surface area contributed by atoms with Crippen LogP contribution in [0.5, 0.6) is 0 Å². The largest absolute Gasteiger partial charge is 0.477 e. The Balaban J connectivity index is 2.97. The first-order valence-corrected chi connectivity index (χ1v) is 4.43. The monoisotopic (exact) mass is 203 g/mol. The second kappa shape index (κ2) is 3.24. The molecule has 0 fully saturated rings. The number of para-hydroxylation sites is 1. The van der Waals surface area contributed by atoms with E-state index in [1.54, 1.807) is 31.3 Å². The predicted octanol–water partition coefficient (Wildman–Crippen LogP) is 1.24. The normalized spacial score (nSPS) is 10.5. The minimum absolute atomic E-state index is 0.00120. The SMILES string of the molecule is Cn1c(C(=O)O)cc(=O)c2ccccc21. The van der Waals surface area contributed by atoms with Gasteiger partial charge in [-0.15, -0.1) is 0 Å². The van der Waals surface area contributed by atoms with Gasteiger partial charge in [-0.25, -0.2) is 4.79 Å². The molecule has 0 aliphatic carbocycles. The summed E-state index contributed by atoms with van der Waals surface area (Å²) in [6.07, 6.45) is 0. The molecule has 0 atom stereocenters. The van der Waals surface area contributed by atoms with E-state index in [0.717, 1.165) is 6.07 Å². The average Bonchev–Trinajstić information content (AvgIpc) is 2.23. The highest BCUT2D eigenvalue weighted by atomic mass is 16.4. The van der Waals surface area contributed by atoms with Crippen LogP contribution in [-0.4, -0.2) is 15.6 Å². The van der Waals surface area contributed by atoms with Crippen LogP contribution in [-0.2, 0) is 7.05 Å². The second-order valence-electron chi connectivity index (χ2n) is 3.28. The van der Waals surface area contributed by atoms with Gasteiger partial charge in [-0.05, 0) is 12.1 Å². The maximum atomic E-state index is 11.6. The quantitative estimate of drug-likeness (QED) is 0.758. The molecule has 15 heavy (non-hydrogen) atoms. The molecule has 1 aromatic heterocycles. The first-order chi connectivity index (χ1) is 7.11. The smallest absolute Gasteiger partial charge is 0.352 e. The Bertz CT molecular complexity index is 598. The second-order valence-corrected chi connectivity index (χ2v) is 3.28. The van der Waals surface area contributed by atoms with Gasteiger partial charge in [0.1, 0.15) is 5.69 Å². The number of carbonyl (C=O) groups is 1. The molecule has 0 aliphatic rings. The molecule has 0 unspecified atom stereocenters. The molecule has 2 rings (SSSR count). The Labute approximate surface area is 85.4 Å². The molecule has 4 heteroatoms. The van der Waals surface area contributed by atoms with E-state index in [1.165, 1.54) is 4.57 Å². The van der Waals surface area contributed by atoms with E-state index in [9.17, 15) is 9.59 Å². The number of pyridine rings is 1. The van der Waals surface area contributed by atoms with Crippen molar-refractivity contribution in [3.8, 4) is 0 Å². The van der Waals surface area contributed by atoms with Crippen LogP contribution in [0.3, 0.4) is 0 Å². The molecule has 1 N–H and O–H groups in total. The van der Waals surface area contributed by atoms with Gasteiger partial charge >= 0.3 is 5.97 Å². The van der Waals surface area contributed by atoms with Crippen LogP contribution in [0.1, 0.15) is 10.5 Å². The van der Waals surface area contributed by atoms with Crippen molar-refractivity contribution in [3.63, 3.8) is 0 Å². The number of nitrogens with zero attached hydrogens (tertiary/aromatic N) is 1. The Morgan fingerprint density at radius 3 is 2.67 bits per heavy atom. The molecule has 1 heterocycles. The van der Waals surface area contributed by atoms with Crippen LogP contribution in [0.25, 0.3) is 10.9 Å². The van der Waals surface area contributed by atoms with Gasteiger partial charge in [-0.3, -0.25) is 4.79 Å². The van der Waals surface area contributed by atoms with Crippen LogP contribution < -0.4 is 5.43 Å². The summed E-state index contributed by atoms with van der Waals surface area (Å²) in [4.78, 5) is 22.4. The van der Waals surface area contributed by atoms with Crippen molar-refractivity contribution in [1.29, 1.82) is 0 Å². The van der Waals surface area contributed by atoms with Crippen LogP contribution in [0.2, 0.25) is 0 Å². The van der Waals surface area contributed by atoms with Crippen LogP contribution in [0, 0.1) is 0 Å². The fraction of sp³-hybridized carbons (Fsp3) is 0.0909. The highest BCUT2D eigenvalue weighted by Gasteiger charge is 2.10. The van der Waals surface area contributed by atoms with Gasteiger partial charge in [0.05, 0.1) is 5.52 Å². The fourth-order valence-electron chi connectivity index (χ4n) is 1.61. The molecular weight excluding hydrogens is 194 g/mol. The molecule has 0 radical (unpaired) electrons. The standard InChI is InChI=1S/C11H9NO3/c1-12-8-5-3-2-4-7(8)10(13)6-9(12)11(14)15/h2-6H,1H3,(H,14,15). The number of hydrogen-bond donors (Lipinski definition) is 1. The van der Waals surface area contributed by atoms with E-state index in [2.05, 4.69) is 0 Å². The number of fused-ring (bicyclic) bond motifs is 1. The Kier molecular flexibility index (Phi) is 2.04. The maximum absolute atomic E-state index is 11.6. The minimum Gasteiger partial charge on any atom is -0.477 e. The number of benzene rings is 1. The summed E-state index contributed by atoms with van der Waals surface area (Å²) in [6, 6.07) is 8.08. The number of aryl methyl sites for hydroxylation is 1. The summed E-state index contributed by atoms with van der Waals surface area (Å²) in [7, 11) is 1.63. The molecule has 0 spiro atoms. The number of carboxylic acids is 1. The van der Waals surface area contributed by atoms with Gasteiger partial charge in [0.15, 0.2) is 5.43 Å². The van der Waals surface area contributed by atoms with Gasteiger partial charge in [0, 0.05) is 18.5 Å². The summed E-state index contributed by atoms with van der Waals surface area (Å²) < 4.78 is 1.50. The van der Waals surface area contributed by atoms with E-state index in [-0.39, 0.29) is 11.1 Å². The van der Waals surface area contributed by atoms with Crippen molar-refractivity contribution >= 4 is 16.9 Å². The number of hydrogen-bond acceptors (Lipinski definition) is 2. The highest BCUT2D eigenvalue weighted by Crippen LogP contribution is 2.10.